The van der Waals surface area contributed by atoms with Crippen molar-refractivity contribution in [2.45, 2.75) is 13.3 Å². The summed E-state index contributed by atoms with van der Waals surface area (Å²) in [7, 11) is 0. The fourth-order valence-corrected chi connectivity index (χ4v) is 1.74. The Labute approximate surface area is 107 Å². The normalized spacial score (nSPS) is 10.4. The third-order valence-electron chi connectivity index (χ3n) is 2.73. The van der Waals surface area contributed by atoms with Crippen LogP contribution >= 0.6 is 0 Å². The van der Waals surface area contributed by atoms with Crippen LogP contribution < -0.4 is 11.2 Å². The molecule has 0 bridgehead atoms. The molecule has 0 aliphatic carbocycles. The molecule has 1 aromatic heterocycles. The second-order valence-electron chi connectivity index (χ2n) is 3.89. The van der Waals surface area contributed by atoms with Gasteiger partial charge in [-0.2, -0.15) is 0 Å². The highest BCUT2D eigenvalue weighted by molar-refractivity contribution is 5.43. The van der Waals surface area contributed by atoms with Gasteiger partial charge in [0, 0.05) is 23.9 Å². The molecule has 1 aromatic carbocycles. The Balaban J connectivity index is 2.72. The summed E-state index contributed by atoms with van der Waals surface area (Å²) in [6.07, 6.45) is 1.82. The smallest absolute Gasteiger partial charge is 0.313 e. The third-order valence-corrected chi connectivity index (χ3v) is 2.73. The van der Waals surface area contributed by atoms with Gasteiger partial charge in [-0.25, -0.2) is 9.36 Å². The molecule has 0 radical (unpaired) electrons. The summed E-state index contributed by atoms with van der Waals surface area (Å²) in [5, 5.41) is 10.7. The van der Waals surface area contributed by atoms with E-state index >= 15 is 0 Å². The largest absolute Gasteiger partial charge is 0.333 e. The third kappa shape index (κ3) is 2.30. The van der Waals surface area contributed by atoms with Crippen molar-refractivity contribution in [3.63, 3.8) is 0 Å². The van der Waals surface area contributed by atoms with Crippen molar-refractivity contribution in [3.05, 3.63) is 67.0 Å². The number of H-pyrrole nitrogens is 1. The lowest BCUT2D eigenvalue weighted by Gasteiger charge is -2.05. The first-order chi connectivity index (χ1) is 9.04. The molecular weight excluding hydrogens is 250 g/mol. The zero-order valence-electron chi connectivity index (χ0n) is 10.1. The zero-order chi connectivity index (χ0) is 14.0. The van der Waals surface area contributed by atoms with E-state index in [1.165, 1.54) is 30.5 Å². The van der Waals surface area contributed by atoms with Crippen LogP contribution in [0.3, 0.4) is 0 Å². The molecule has 1 N–H and O–H groups in total. The van der Waals surface area contributed by atoms with Crippen molar-refractivity contribution >= 4 is 5.69 Å². The summed E-state index contributed by atoms with van der Waals surface area (Å²) in [5.74, 6) is 0. The van der Waals surface area contributed by atoms with E-state index in [1.807, 2.05) is 0 Å². The minimum atomic E-state index is -0.623. The Morgan fingerprint density at radius 3 is 2.74 bits per heavy atom. The summed E-state index contributed by atoms with van der Waals surface area (Å²) >= 11 is 0. The van der Waals surface area contributed by atoms with E-state index in [1.54, 1.807) is 6.92 Å². The molecule has 0 unspecified atom stereocenters. The van der Waals surface area contributed by atoms with Crippen LogP contribution in [-0.4, -0.2) is 14.5 Å². The molecule has 98 valence electrons. The fourth-order valence-electron chi connectivity index (χ4n) is 1.74. The molecule has 1 heterocycles. The quantitative estimate of drug-likeness (QED) is 0.658. The maximum Gasteiger partial charge on any atom is 0.333 e. The number of hydrogen-bond donors (Lipinski definition) is 1. The van der Waals surface area contributed by atoms with E-state index in [0.29, 0.717) is 12.0 Å². The summed E-state index contributed by atoms with van der Waals surface area (Å²) < 4.78 is 0.895. The van der Waals surface area contributed by atoms with Gasteiger partial charge >= 0.3 is 5.69 Å². The van der Waals surface area contributed by atoms with Crippen LogP contribution in [0, 0.1) is 10.1 Å². The second-order valence-corrected chi connectivity index (χ2v) is 3.89. The van der Waals surface area contributed by atoms with Crippen LogP contribution in [-0.2, 0) is 6.42 Å². The number of rotatable bonds is 3. The number of nitrogens with zero attached hydrogens (tertiary/aromatic N) is 2. The van der Waals surface area contributed by atoms with E-state index in [0.717, 1.165) is 4.57 Å². The van der Waals surface area contributed by atoms with E-state index in [9.17, 15) is 19.7 Å². The summed E-state index contributed by atoms with van der Waals surface area (Å²) in [4.78, 5) is 36.4. The van der Waals surface area contributed by atoms with Crippen molar-refractivity contribution in [3.8, 4) is 5.69 Å². The number of aromatic nitrogens is 2. The highest BCUT2D eigenvalue weighted by Gasteiger charge is 2.11. The first-order valence-electron chi connectivity index (χ1n) is 5.63. The molecule has 0 saturated heterocycles. The first-order valence-corrected chi connectivity index (χ1v) is 5.63. The van der Waals surface area contributed by atoms with Crippen molar-refractivity contribution in [2.24, 2.45) is 0 Å². The number of nitro groups is 1. The summed E-state index contributed by atoms with van der Waals surface area (Å²) in [6.45, 7) is 1.78. The van der Waals surface area contributed by atoms with Crippen LogP contribution in [0.25, 0.3) is 5.69 Å². The van der Waals surface area contributed by atoms with Gasteiger partial charge in [-0.3, -0.25) is 14.9 Å². The lowest BCUT2D eigenvalue weighted by molar-refractivity contribution is -0.384. The molecule has 0 atom stereocenters. The number of aryl methyl sites for hydroxylation is 1. The Bertz CT molecular complexity index is 745. The maximum atomic E-state index is 12.1. The van der Waals surface area contributed by atoms with Gasteiger partial charge in [0.15, 0.2) is 0 Å². The minimum Gasteiger partial charge on any atom is -0.313 e. The Morgan fingerprint density at radius 1 is 1.37 bits per heavy atom. The number of nitro benzene ring substituents is 1. The molecule has 19 heavy (non-hydrogen) atoms. The molecule has 0 saturated carbocycles. The average molecular weight is 261 g/mol. The SMILES string of the molecule is CCc1c[nH]c(=O)n(-c2cccc([N+](=O)[O-])c2)c1=O. The summed E-state index contributed by atoms with van der Waals surface area (Å²) in [6, 6.07) is 5.39. The molecule has 7 nitrogen and oxygen atoms in total. The van der Waals surface area contributed by atoms with Gasteiger partial charge in [0.2, 0.25) is 0 Å². The van der Waals surface area contributed by atoms with E-state index in [2.05, 4.69) is 4.98 Å². The highest BCUT2D eigenvalue weighted by Crippen LogP contribution is 2.14. The maximum absolute atomic E-state index is 12.1. The van der Waals surface area contributed by atoms with Crippen LogP contribution in [0.15, 0.2) is 40.1 Å². The van der Waals surface area contributed by atoms with Gasteiger partial charge in [-0.05, 0) is 12.5 Å². The van der Waals surface area contributed by atoms with Gasteiger partial charge in [0.05, 0.1) is 10.6 Å². The Morgan fingerprint density at radius 2 is 2.11 bits per heavy atom. The standard InChI is InChI=1S/C12H11N3O4/c1-2-8-7-13-12(17)14(11(8)16)9-4-3-5-10(6-9)15(18)19/h3-7H,2H2,1H3,(H,13,17). The van der Waals surface area contributed by atoms with Gasteiger partial charge in [-0.1, -0.05) is 13.0 Å². The van der Waals surface area contributed by atoms with Gasteiger partial charge in [0.25, 0.3) is 11.2 Å². The van der Waals surface area contributed by atoms with Crippen LogP contribution in [0.1, 0.15) is 12.5 Å². The van der Waals surface area contributed by atoms with Gasteiger partial charge in [-0.15, -0.1) is 0 Å². The molecule has 0 fully saturated rings. The van der Waals surface area contributed by atoms with E-state index < -0.39 is 16.2 Å². The van der Waals surface area contributed by atoms with Crippen LogP contribution in [0.5, 0.6) is 0 Å². The van der Waals surface area contributed by atoms with Crippen LogP contribution in [0.4, 0.5) is 5.69 Å². The molecule has 7 heteroatoms. The number of benzene rings is 1. The van der Waals surface area contributed by atoms with Crippen molar-refractivity contribution < 1.29 is 4.92 Å². The van der Waals surface area contributed by atoms with E-state index in [-0.39, 0.29) is 11.4 Å². The molecular formula is C12H11N3O4. The first kappa shape index (κ1) is 12.7. The fraction of sp³-hybridized carbons (Fsp3) is 0.167. The lowest BCUT2D eigenvalue weighted by atomic mass is 10.2. The Hall–Kier alpha value is -2.70. The van der Waals surface area contributed by atoms with Crippen molar-refractivity contribution in [1.29, 1.82) is 0 Å². The molecule has 0 aliphatic heterocycles. The van der Waals surface area contributed by atoms with E-state index in [4.69, 9.17) is 0 Å². The number of non-ortho nitro benzene ring substituents is 1. The monoisotopic (exact) mass is 261 g/mol. The summed E-state index contributed by atoms with van der Waals surface area (Å²) in [5.41, 5.74) is -0.651. The Kier molecular flexibility index (Phi) is 3.28. The number of nitrogens with one attached hydrogen (secondary N) is 1. The lowest BCUT2D eigenvalue weighted by Crippen LogP contribution is -2.35. The molecule has 0 aliphatic rings. The molecule has 0 spiro atoms. The topological polar surface area (TPSA) is 98.0 Å². The van der Waals surface area contributed by atoms with Gasteiger partial charge < -0.3 is 4.98 Å². The van der Waals surface area contributed by atoms with Crippen molar-refractivity contribution in [1.82, 2.24) is 9.55 Å². The van der Waals surface area contributed by atoms with Crippen molar-refractivity contribution in [2.75, 3.05) is 0 Å². The molecule has 0 amide bonds. The molecule has 2 aromatic rings. The second kappa shape index (κ2) is 4.89. The predicted octanol–water partition coefficient (Wildman–Crippen LogP) is 0.996. The average Bonchev–Trinajstić information content (AvgIpc) is 2.39. The number of hydrogen-bond acceptors (Lipinski definition) is 4. The predicted molar refractivity (Wildman–Crippen MR) is 68.7 cm³/mol. The highest BCUT2D eigenvalue weighted by atomic mass is 16.6. The minimum absolute atomic E-state index is 0.175. The zero-order valence-corrected chi connectivity index (χ0v) is 10.1. The van der Waals surface area contributed by atoms with Crippen LogP contribution in [0.2, 0.25) is 0 Å². The number of aromatic amines is 1. The van der Waals surface area contributed by atoms with Gasteiger partial charge in [0.1, 0.15) is 0 Å². The molecule has 2 rings (SSSR count).